The number of hydrogen-bond acceptors (Lipinski definition) is 4. The van der Waals surface area contributed by atoms with Gasteiger partial charge in [0, 0.05) is 18.1 Å². The van der Waals surface area contributed by atoms with Gasteiger partial charge in [-0.3, -0.25) is 4.79 Å². The van der Waals surface area contributed by atoms with Crippen molar-refractivity contribution in [2.75, 3.05) is 13.7 Å². The SMILES string of the molecule is COC[C@]1(C(=O)O)[C@H](c2ccccc2)[C@H]1S(=O)(=O)c1ccc(Cl)cc1. The van der Waals surface area contributed by atoms with Crippen molar-refractivity contribution in [3.05, 3.63) is 65.2 Å². The van der Waals surface area contributed by atoms with Crippen LogP contribution in [0.3, 0.4) is 0 Å². The number of aliphatic carboxylic acids is 1. The summed E-state index contributed by atoms with van der Waals surface area (Å²) < 4.78 is 31.3. The van der Waals surface area contributed by atoms with Gasteiger partial charge in [0.05, 0.1) is 16.8 Å². The average Bonchev–Trinajstić information content (AvgIpc) is 3.27. The van der Waals surface area contributed by atoms with Gasteiger partial charge in [-0.1, -0.05) is 41.9 Å². The van der Waals surface area contributed by atoms with E-state index in [1.807, 2.05) is 0 Å². The third-order valence-corrected chi connectivity index (χ3v) is 7.22. The van der Waals surface area contributed by atoms with Gasteiger partial charge in [-0.2, -0.15) is 0 Å². The van der Waals surface area contributed by atoms with Gasteiger partial charge in [-0.15, -0.1) is 0 Å². The second-order valence-electron chi connectivity index (χ2n) is 6.09. The van der Waals surface area contributed by atoms with E-state index in [0.29, 0.717) is 10.6 Å². The topological polar surface area (TPSA) is 80.7 Å². The maximum absolute atomic E-state index is 13.1. The van der Waals surface area contributed by atoms with Crippen molar-refractivity contribution >= 4 is 27.4 Å². The molecule has 3 atom stereocenters. The Morgan fingerprint density at radius 2 is 1.76 bits per heavy atom. The molecule has 0 heterocycles. The van der Waals surface area contributed by atoms with Gasteiger partial charge in [-0.05, 0) is 29.8 Å². The highest BCUT2D eigenvalue weighted by molar-refractivity contribution is 7.92. The molecule has 3 rings (SSSR count). The van der Waals surface area contributed by atoms with Gasteiger partial charge in [-0.25, -0.2) is 8.42 Å². The monoisotopic (exact) mass is 380 g/mol. The van der Waals surface area contributed by atoms with Crippen molar-refractivity contribution in [2.24, 2.45) is 5.41 Å². The lowest BCUT2D eigenvalue weighted by molar-refractivity contribution is -0.145. The summed E-state index contributed by atoms with van der Waals surface area (Å²) in [5, 5.41) is 9.14. The summed E-state index contributed by atoms with van der Waals surface area (Å²) >= 11 is 5.83. The van der Waals surface area contributed by atoms with Crippen LogP contribution in [0, 0.1) is 5.41 Å². The summed E-state index contributed by atoms with van der Waals surface area (Å²) in [5.41, 5.74) is -0.835. The van der Waals surface area contributed by atoms with E-state index in [2.05, 4.69) is 0 Å². The largest absolute Gasteiger partial charge is 0.481 e. The molecule has 2 aromatic rings. The van der Waals surface area contributed by atoms with Gasteiger partial charge in [0.25, 0.3) is 0 Å². The third kappa shape index (κ3) is 2.84. The summed E-state index contributed by atoms with van der Waals surface area (Å²) in [5.74, 6) is -1.85. The molecule has 0 amide bonds. The fourth-order valence-corrected chi connectivity index (χ4v) is 5.97. The first-order valence-electron chi connectivity index (χ1n) is 7.62. The zero-order valence-corrected chi connectivity index (χ0v) is 15.0. The Balaban J connectivity index is 2.11. The van der Waals surface area contributed by atoms with E-state index in [1.54, 1.807) is 30.3 Å². The molecule has 0 saturated heterocycles. The number of carboxylic acids is 1. The zero-order chi connectivity index (χ0) is 18.2. The van der Waals surface area contributed by atoms with Crippen LogP contribution in [-0.2, 0) is 19.4 Å². The number of hydrogen-bond donors (Lipinski definition) is 1. The lowest BCUT2D eigenvalue weighted by Gasteiger charge is -2.12. The molecule has 0 aliphatic heterocycles. The second-order valence-corrected chi connectivity index (χ2v) is 8.59. The molecule has 132 valence electrons. The molecule has 25 heavy (non-hydrogen) atoms. The summed E-state index contributed by atoms with van der Waals surface area (Å²) in [6.45, 7) is -0.181. The molecule has 1 aliphatic carbocycles. The van der Waals surface area contributed by atoms with E-state index in [-0.39, 0.29) is 11.5 Å². The van der Waals surface area contributed by atoms with Crippen molar-refractivity contribution in [1.82, 2.24) is 0 Å². The molecule has 1 saturated carbocycles. The van der Waals surface area contributed by atoms with Crippen LogP contribution in [0.25, 0.3) is 0 Å². The summed E-state index contributed by atoms with van der Waals surface area (Å²) in [6.07, 6.45) is 0. The summed E-state index contributed by atoms with van der Waals surface area (Å²) in [4.78, 5) is 12.1. The predicted octanol–water partition coefficient (Wildman–Crippen LogP) is 3.00. The number of carbonyl (C=O) groups is 1. The summed E-state index contributed by atoms with van der Waals surface area (Å²) in [7, 11) is -2.50. The Hall–Kier alpha value is -1.89. The Labute approximate surface area is 151 Å². The molecular weight excluding hydrogens is 364 g/mol. The first-order chi connectivity index (χ1) is 11.9. The van der Waals surface area contributed by atoms with Crippen LogP contribution in [0.1, 0.15) is 11.5 Å². The van der Waals surface area contributed by atoms with Gasteiger partial charge < -0.3 is 9.84 Å². The molecular formula is C18H17ClO5S. The van der Waals surface area contributed by atoms with Crippen LogP contribution in [0.15, 0.2) is 59.5 Å². The lowest BCUT2D eigenvalue weighted by atomic mass is 10.0. The molecule has 0 unspecified atom stereocenters. The average molecular weight is 381 g/mol. The van der Waals surface area contributed by atoms with Crippen molar-refractivity contribution in [3.63, 3.8) is 0 Å². The molecule has 0 aromatic heterocycles. The fourth-order valence-electron chi connectivity index (χ4n) is 3.49. The van der Waals surface area contributed by atoms with Crippen LogP contribution in [-0.4, -0.2) is 38.5 Å². The maximum atomic E-state index is 13.1. The predicted molar refractivity (Wildman–Crippen MR) is 93.6 cm³/mol. The highest BCUT2D eigenvalue weighted by Gasteiger charge is 2.76. The molecule has 0 bridgehead atoms. The van der Waals surface area contributed by atoms with Crippen molar-refractivity contribution < 1.29 is 23.1 Å². The minimum Gasteiger partial charge on any atom is -0.481 e. The molecule has 0 radical (unpaired) electrons. The van der Waals surface area contributed by atoms with E-state index in [1.165, 1.54) is 31.4 Å². The van der Waals surface area contributed by atoms with Crippen molar-refractivity contribution in [1.29, 1.82) is 0 Å². The minimum atomic E-state index is -3.87. The highest BCUT2D eigenvalue weighted by atomic mass is 35.5. The molecule has 1 aliphatic rings. The lowest BCUT2D eigenvalue weighted by Crippen LogP contribution is -2.28. The van der Waals surface area contributed by atoms with E-state index >= 15 is 0 Å². The fraction of sp³-hybridized carbons (Fsp3) is 0.278. The van der Waals surface area contributed by atoms with Crippen molar-refractivity contribution in [3.8, 4) is 0 Å². The summed E-state index contributed by atoms with van der Waals surface area (Å²) in [6, 6.07) is 14.6. The molecule has 2 aromatic carbocycles. The first-order valence-corrected chi connectivity index (χ1v) is 9.55. The number of methoxy groups -OCH3 is 1. The number of halogens is 1. The third-order valence-electron chi connectivity index (χ3n) is 4.67. The number of ether oxygens (including phenoxy) is 1. The second kappa shape index (κ2) is 6.44. The van der Waals surface area contributed by atoms with Gasteiger partial charge in [0.2, 0.25) is 0 Å². The van der Waals surface area contributed by atoms with Crippen LogP contribution >= 0.6 is 11.6 Å². The van der Waals surface area contributed by atoms with Crippen LogP contribution in [0.4, 0.5) is 0 Å². The minimum absolute atomic E-state index is 0.0575. The number of rotatable bonds is 6. The first kappa shape index (κ1) is 17.9. The molecule has 5 nitrogen and oxygen atoms in total. The Kier molecular flexibility index (Phi) is 4.62. The number of sulfone groups is 1. The van der Waals surface area contributed by atoms with E-state index < -0.39 is 32.4 Å². The Bertz CT molecular complexity index is 879. The van der Waals surface area contributed by atoms with Crippen LogP contribution in [0.5, 0.6) is 0 Å². The molecule has 1 N–H and O–H groups in total. The Morgan fingerprint density at radius 1 is 1.16 bits per heavy atom. The van der Waals surface area contributed by atoms with Gasteiger partial charge >= 0.3 is 5.97 Å². The van der Waals surface area contributed by atoms with E-state index in [4.69, 9.17) is 16.3 Å². The van der Waals surface area contributed by atoms with Gasteiger partial charge in [0.1, 0.15) is 5.41 Å². The highest BCUT2D eigenvalue weighted by Crippen LogP contribution is 2.64. The van der Waals surface area contributed by atoms with Crippen LogP contribution < -0.4 is 0 Å². The van der Waals surface area contributed by atoms with E-state index in [9.17, 15) is 18.3 Å². The Morgan fingerprint density at radius 3 is 2.28 bits per heavy atom. The van der Waals surface area contributed by atoms with Crippen molar-refractivity contribution in [2.45, 2.75) is 16.1 Å². The zero-order valence-electron chi connectivity index (χ0n) is 13.4. The normalized spacial score (nSPS) is 25.5. The van der Waals surface area contributed by atoms with Crippen LogP contribution in [0.2, 0.25) is 5.02 Å². The molecule has 0 spiro atoms. The number of carboxylic acid groups (broad SMARTS) is 1. The molecule has 7 heteroatoms. The quantitative estimate of drug-likeness (QED) is 0.833. The smallest absolute Gasteiger partial charge is 0.314 e. The molecule has 1 fully saturated rings. The van der Waals surface area contributed by atoms with Gasteiger partial charge in [0.15, 0.2) is 9.84 Å². The maximum Gasteiger partial charge on any atom is 0.314 e. The van der Waals surface area contributed by atoms with E-state index in [0.717, 1.165) is 0 Å². The number of benzene rings is 2. The standard InChI is InChI=1S/C18H17ClO5S/c1-24-11-18(17(20)21)15(12-5-3-2-4-6-12)16(18)25(22,23)14-9-7-13(19)8-10-14/h2-10,15-16H,11H2,1H3,(H,20,21)/t15-,16-,18+/m1/s1.